The van der Waals surface area contributed by atoms with Gasteiger partial charge in [0.2, 0.25) is 0 Å². The molecule has 0 unspecified atom stereocenters. The van der Waals surface area contributed by atoms with Gasteiger partial charge in [0.1, 0.15) is 5.76 Å². The highest BCUT2D eigenvalue weighted by molar-refractivity contribution is 14.1. The summed E-state index contributed by atoms with van der Waals surface area (Å²) >= 11 is 2.29. The first kappa shape index (κ1) is 13.2. The fourth-order valence-corrected chi connectivity index (χ4v) is 2.87. The highest BCUT2D eigenvalue weighted by atomic mass is 127. The fourth-order valence-electron chi connectivity index (χ4n) is 2.03. The molecule has 5 heteroatoms. The van der Waals surface area contributed by atoms with E-state index >= 15 is 0 Å². The Morgan fingerprint density at radius 2 is 2.11 bits per heavy atom. The highest BCUT2D eigenvalue weighted by Gasteiger charge is 2.14. The SMILES string of the molecule is CCNc1c(N)cc(-c2c(C)noc2C)cc1I. The maximum Gasteiger partial charge on any atom is 0.141 e. The lowest BCUT2D eigenvalue weighted by molar-refractivity contribution is 0.393. The van der Waals surface area contributed by atoms with Gasteiger partial charge in [-0.2, -0.15) is 0 Å². The van der Waals surface area contributed by atoms with Gasteiger partial charge in [-0.3, -0.25) is 0 Å². The Morgan fingerprint density at radius 1 is 1.39 bits per heavy atom. The van der Waals surface area contributed by atoms with Crippen LogP contribution >= 0.6 is 22.6 Å². The Morgan fingerprint density at radius 3 is 2.61 bits per heavy atom. The molecule has 18 heavy (non-hydrogen) atoms. The monoisotopic (exact) mass is 357 g/mol. The molecule has 3 N–H and O–H groups in total. The summed E-state index contributed by atoms with van der Waals surface area (Å²) in [5.41, 5.74) is 10.8. The first-order chi connectivity index (χ1) is 8.54. The molecule has 2 aromatic rings. The zero-order valence-corrected chi connectivity index (χ0v) is 12.8. The van der Waals surface area contributed by atoms with Gasteiger partial charge >= 0.3 is 0 Å². The fraction of sp³-hybridized carbons (Fsp3) is 0.308. The van der Waals surface area contributed by atoms with E-state index in [9.17, 15) is 0 Å². The van der Waals surface area contributed by atoms with Crippen molar-refractivity contribution in [1.82, 2.24) is 5.16 Å². The number of anilines is 2. The molecule has 0 aliphatic rings. The summed E-state index contributed by atoms with van der Waals surface area (Å²) in [6.07, 6.45) is 0. The number of rotatable bonds is 3. The first-order valence-corrected chi connectivity index (χ1v) is 6.88. The van der Waals surface area contributed by atoms with Crippen LogP contribution in [0.4, 0.5) is 11.4 Å². The number of nitrogens with two attached hydrogens (primary N) is 1. The number of halogens is 1. The van der Waals surface area contributed by atoms with Gasteiger partial charge in [-0.05, 0) is 61.1 Å². The van der Waals surface area contributed by atoms with Gasteiger partial charge in [0.05, 0.1) is 17.1 Å². The Kier molecular flexibility index (Phi) is 3.79. The van der Waals surface area contributed by atoms with Crippen LogP contribution in [0.5, 0.6) is 0 Å². The summed E-state index contributed by atoms with van der Waals surface area (Å²) in [5.74, 6) is 0.818. The van der Waals surface area contributed by atoms with E-state index < -0.39 is 0 Å². The Hall–Kier alpha value is -1.24. The van der Waals surface area contributed by atoms with Gasteiger partial charge in [-0.15, -0.1) is 0 Å². The smallest absolute Gasteiger partial charge is 0.141 e. The molecule has 1 heterocycles. The Labute approximate surface area is 120 Å². The van der Waals surface area contributed by atoms with Crippen molar-refractivity contribution in [2.24, 2.45) is 0 Å². The average molecular weight is 357 g/mol. The molecule has 1 aromatic heterocycles. The summed E-state index contributed by atoms with van der Waals surface area (Å²) in [6, 6.07) is 4.06. The number of nitrogen functional groups attached to an aromatic ring is 1. The molecule has 0 saturated heterocycles. The molecule has 1 aromatic carbocycles. The van der Waals surface area contributed by atoms with Crippen LogP contribution in [-0.4, -0.2) is 11.7 Å². The van der Waals surface area contributed by atoms with Gasteiger partial charge in [0.15, 0.2) is 0 Å². The van der Waals surface area contributed by atoms with E-state index in [4.69, 9.17) is 10.3 Å². The maximum absolute atomic E-state index is 6.10. The topological polar surface area (TPSA) is 64.1 Å². The van der Waals surface area contributed by atoms with Crippen LogP contribution in [0.15, 0.2) is 16.7 Å². The average Bonchev–Trinajstić information content (AvgIpc) is 2.63. The first-order valence-electron chi connectivity index (χ1n) is 5.80. The summed E-state index contributed by atoms with van der Waals surface area (Å²) in [4.78, 5) is 0. The van der Waals surface area contributed by atoms with Crippen molar-refractivity contribution in [2.75, 3.05) is 17.6 Å². The van der Waals surface area contributed by atoms with Crippen molar-refractivity contribution in [3.05, 3.63) is 27.2 Å². The van der Waals surface area contributed by atoms with Crippen molar-refractivity contribution in [3.8, 4) is 11.1 Å². The molecule has 0 amide bonds. The van der Waals surface area contributed by atoms with E-state index in [1.807, 2.05) is 19.9 Å². The number of nitrogens with zero attached hydrogens (tertiary/aromatic N) is 1. The van der Waals surface area contributed by atoms with Crippen LogP contribution in [0.2, 0.25) is 0 Å². The molecule has 96 valence electrons. The van der Waals surface area contributed by atoms with Crippen molar-refractivity contribution in [2.45, 2.75) is 20.8 Å². The van der Waals surface area contributed by atoms with Gasteiger partial charge in [0.25, 0.3) is 0 Å². The molecule has 0 aliphatic heterocycles. The lowest BCUT2D eigenvalue weighted by Crippen LogP contribution is -2.03. The number of hydrogen-bond acceptors (Lipinski definition) is 4. The number of nitrogens with one attached hydrogen (secondary N) is 1. The minimum atomic E-state index is 0.749. The van der Waals surface area contributed by atoms with E-state index in [1.54, 1.807) is 0 Å². The van der Waals surface area contributed by atoms with Crippen LogP contribution in [0.3, 0.4) is 0 Å². The largest absolute Gasteiger partial charge is 0.397 e. The second kappa shape index (κ2) is 5.17. The van der Waals surface area contributed by atoms with Crippen LogP contribution in [-0.2, 0) is 0 Å². The van der Waals surface area contributed by atoms with Gasteiger partial charge < -0.3 is 15.6 Å². The minimum absolute atomic E-state index is 0.749. The third kappa shape index (κ3) is 2.31. The quantitative estimate of drug-likeness (QED) is 0.651. The molecule has 0 fully saturated rings. The second-order valence-electron chi connectivity index (χ2n) is 4.15. The van der Waals surface area contributed by atoms with E-state index in [1.165, 1.54) is 0 Å². The third-order valence-electron chi connectivity index (χ3n) is 2.80. The van der Waals surface area contributed by atoms with E-state index in [2.05, 4.69) is 46.1 Å². The van der Waals surface area contributed by atoms with Crippen molar-refractivity contribution in [3.63, 3.8) is 0 Å². The number of aromatic nitrogens is 1. The van der Waals surface area contributed by atoms with Crippen LogP contribution in [0, 0.1) is 17.4 Å². The molecular weight excluding hydrogens is 341 g/mol. The van der Waals surface area contributed by atoms with Crippen LogP contribution in [0.25, 0.3) is 11.1 Å². The second-order valence-corrected chi connectivity index (χ2v) is 5.31. The molecule has 0 radical (unpaired) electrons. The summed E-state index contributed by atoms with van der Waals surface area (Å²) in [6.45, 7) is 6.76. The number of aryl methyl sites for hydroxylation is 2. The Balaban J connectivity index is 2.55. The predicted molar refractivity (Wildman–Crippen MR) is 82.7 cm³/mol. The zero-order valence-electron chi connectivity index (χ0n) is 10.7. The molecule has 0 spiro atoms. The van der Waals surface area contributed by atoms with Gasteiger partial charge in [0, 0.05) is 15.7 Å². The van der Waals surface area contributed by atoms with E-state index in [0.29, 0.717) is 0 Å². The summed E-state index contributed by atoms with van der Waals surface area (Å²) < 4.78 is 6.30. The van der Waals surface area contributed by atoms with Crippen LogP contribution < -0.4 is 11.1 Å². The van der Waals surface area contributed by atoms with Crippen LogP contribution in [0.1, 0.15) is 18.4 Å². The molecule has 0 atom stereocenters. The maximum atomic E-state index is 6.10. The molecule has 0 bridgehead atoms. The Bertz CT molecular complexity index is 535. The van der Waals surface area contributed by atoms with Crippen molar-refractivity contribution >= 4 is 34.0 Å². The molecular formula is C13H16IN3O. The number of hydrogen-bond donors (Lipinski definition) is 2. The minimum Gasteiger partial charge on any atom is -0.397 e. The standard InChI is InChI=1S/C13H16IN3O/c1-4-16-13-10(14)5-9(6-11(13)15)12-7(2)17-18-8(12)3/h5-6,16H,4,15H2,1-3H3. The van der Waals surface area contributed by atoms with E-state index in [-0.39, 0.29) is 0 Å². The molecule has 0 saturated carbocycles. The van der Waals surface area contributed by atoms with Gasteiger partial charge in [-0.1, -0.05) is 5.16 Å². The molecule has 4 nitrogen and oxygen atoms in total. The van der Waals surface area contributed by atoms with Crippen molar-refractivity contribution in [1.29, 1.82) is 0 Å². The summed E-state index contributed by atoms with van der Waals surface area (Å²) in [5, 5.41) is 7.25. The molecule has 2 rings (SSSR count). The number of benzene rings is 1. The predicted octanol–water partition coefficient (Wildman–Crippen LogP) is 3.58. The molecule has 0 aliphatic carbocycles. The lowest BCUT2D eigenvalue weighted by Gasteiger charge is -2.12. The van der Waals surface area contributed by atoms with Gasteiger partial charge in [-0.25, -0.2) is 0 Å². The highest BCUT2D eigenvalue weighted by Crippen LogP contribution is 2.34. The van der Waals surface area contributed by atoms with E-state index in [0.717, 1.165) is 44.1 Å². The normalized spacial score (nSPS) is 10.7. The zero-order chi connectivity index (χ0) is 13.3. The van der Waals surface area contributed by atoms with Crippen molar-refractivity contribution < 1.29 is 4.52 Å². The summed E-state index contributed by atoms with van der Waals surface area (Å²) in [7, 11) is 0. The lowest BCUT2D eigenvalue weighted by atomic mass is 10.0. The third-order valence-corrected chi connectivity index (χ3v) is 3.65.